The predicted molar refractivity (Wildman–Crippen MR) is 102 cm³/mol. The summed E-state index contributed by atoms with van der Waals surface area (Å²) in [5.74, 6) is 1.87. The Hall–Kier alpha value is -1.67. The fourth-order valence-electron chi connectivity index (χ4n) is 2.14. The van der Waals surface area contributed by atoms with Crippen LogP contribution in [0.3, 0.4) is 0 Å². The number of allylic oxidation sites excluding steroid dienone is 3. The van der Waals surface area contributed by atoms with Crippen LogP contribution in [0, 0.1) is 0 Å². The van der Waals surface area contributed by atoms with Gasteiger partial charge in [0.15, 0.2) is 0 Å². The summed E-state index contributed by atoms with van der Waals surface area (Å²) in [6, 6.07) is 6.12. The minimum atomic E-state index is 0.202. The van der Waals surface area contributed by atoms with E-state index in [0.29, 0.717) is 0 Å². The molecule has 0 aliphatic heterocycles. The molecule has 0 saturated heterocycles. The molecule has 1 unspecified atom stereocenters. The molecule has 2 heteroatoms. The molecule has 0 radical (unpaired) electrons. The van der Waals surface area contributed by atoms with E-state index in [4.69, 9.17) is 4.74 Å². The van der Waals surface area contributed by atoms with Gasteiger partial charge in [0.2, 0.25) is 0 Å². The van der Waals surface area contributed by atoms with E-state index in [-0.39, 0.29) is 6.10 Å². The van der Waals surface area contributed by atoms with Gasteiger partial charge in [0.1, 0.15) is 11.9 Å². The third-order valence-electron chi connectivity index (χ3n) is 3.15. The van der Waals surface area contributed by atoms with E-state index >= 15 is 0 Å². The molecular weight excluding hydrogens is 288 g/mol. The summed E-state index contributed by atoms with van der Waals surface area (Å²) in [5.41, 5.74) is 2.21. The Kier molecular flexibility index (Phi) is 9.17. The first-order chi connectivity index (χ1) is 10.8. The highest BCUT2D eigenvalue weighted by atomic mass is 32.2. The molecule has 0 aliphatic rings. The van der Waals surface area contributed by atoms with Crippen molar-refractivity contribution < 1.29 is 4.74 Å². The van der Waals surface area contributed by atoms with Crippen LogP contribution < -0.4 is 4.74 Å². The average molecular weight is 314 g/mol. The molecule has 0 N–H and O–H groups in total. The summed E-state index contributed by atoms with van der Waals surface area (Å²) in [5, 5.41) is 2.06. The van der Waals surface area contributed by atoms with Crippen molar-refractivity contribution in [3.63, 3.8) is 0 Å². The number of thioether (sulfide) groups is 1. The van der Waals surface area contributed by atoms with Crippen molar-refractivity contribution in [2.75, 3.05) is 5.75 Å². The molecule has 0 spiro atoms. The zero-order chi connectivity index (χ0) is 16.2. The van der Waals surface area contributed by atoms with E-state index in [1.165, 1.54) is 0 Å². The molecule has 0 heterocycles. The van der Waals surface area contributed by atoms with Crippen molar-refractivity contribution in [2.24, 2.45) is 0 Å². The summed E-state index contributed by atoms with van der Waals surface area (Å²) in [7, 11) is 0. The number of rotatable bonds is 10. The maximum Gasteiger partial charge on any atom is 0.127 e. The Labute approximate surface area is 139 Å². The van der Waals surface area contributed by atoms with Gasteiger partial charge in [-0.3, -0.25) is 0 Å². The lowest BCUT2D eigenvalue weighted by atomic mass is 10.1. The van der Waals surface area contributed by atoms with Crippen LogP contribution in [0.5, 0.6) is 5.75 Å². The third kappa shape index (κ3) is 5.98. The number of ether oxygens (including phenoxy) is 1. The van der Waals surface area contributed by atoms with E-state index in [2.05, 4.69) is 37.6 Å². The van der Waals surface area contributed by atoms with Crippen LogP contribution in [-0.2, 0) is 0 Å². The van der Waals surface area contributed by atoms with E-state index in [0.717, 1.165) is 35.5 Å². The highest BCUT2D eigenvalue weighted by molar-refractivity contribution is 8.02. The maximum absolute atomic E-state index is 6.28. The maximum atomic E-state index is 6.28. The van der Waals surface area contributed by atoms with E-state index < -0.39 is 0 Å². The second-order valence-electron chi connectivity index (χ2n) is 4.89. The molecule has 1 nitrogen and oxygen atoms in total. The number of benzene rings is 1. The van der Waals surface area contributed by atoms with Crippen LogP contribution in [0.15, 0.2) is 55.0 Å². The zero-order valence-corrected chi connectivity index (χ0v) is 14.4. The van der Waals surface area contributed by atoms with Gasteiger partial charge in [0.25, 0.3) is 0 Å². The second-order valence-corrected chi connectivity index (χ2v) is 5.83. The van der Waals surface area contributed by atoms with Crippen LogP contribution in [0.2, 0.25) is 0 Å². The van der Waals surface area contributed by atoms with Crippen molar-refractivity contribution in [3.8, 4) is 5.75 Å². The van der Waals surface area contributed by atoms with Gasteiger partial charge in [-0.05, 0) is 30.4 Å². The van der Waals surface area contributed by atoms with Crippen molar-refractivity contribution >= 4 is 23.9 Å². The SMILES string of the molecule is C=C/C=C\SCC(CCC)Oc1cccc(C=C)c1/C=C\C. The first kappa shape index (κ1) is 18.4. The predicted octanol–water partition coefficient (Wildman–Crippen LogP) is 6.34. The molecule has 0 aliphatic carbocycles. The molecule has 0 saturated carbocycles. The van der Waals surface area contributed by atoms with E-state index in [1.807, 2.05) is 37.3 Å². The Morgan fingerprint density at radius 2 is 2.14 bits per heavy atom. The van der Waals surface area contributed by atoms with Crippen molar-refractivity contribution in [2.45, 2.75) is 32.8 Å². The topological polar surface area (TPSA) is 9.23 Å². The fourth-order valence-corrected chi connectivity index (χ4v) is 2.92. The monoisotopic (exact) mass is 314 g/mol. The zero-order valence-electron chi connectivity index (χ0n) is 13.6. The largest absolute Gasteiger partial charge is 0.489 e. The lowest BCUT2D eigenvalue weighted by molar-refractivity contribution is 0.214. The molecule has 118 valence electrons. The van der Waals surface area contributed by atoms with Gasteiger partial charge in [-0.15, -0.1) is 11.8 Å². The normalized spacial score (nSPS) is 12.6. The van der Waals surface area contributed by atoms with Gasteiger partial charge in [-0.25, -0.2) is 0 Å². The Balaban J connectivity index is 2.89. The smallest absolute Gasteiger partial charge is 0.127 e. The molecule has 0 fully saturated rings. The van der Waals surface area contributed by atoms with Crippen LogP contribution >= 0.6 is 11.8 Å². The molecule has 1 atom stereocenters. The van der Waals surface area contributed by atoms with Gasteiger partial charge < -0.3 is 4.74 Å². The molecule has 1 rings (SSSR count). The number of hydrogen-bond acceptors (Lipinski definition) is 2. The van der Waals surface area contributed by atoms with E-state index in [1.54, 1.807) is 17.8 Å². The molecule has 0 aromatic heterocycles. The first-order valence-electron chi connectivity index (χ1n) is 7.70. The summed E-state index contributed by atoms with van der Waals surface area (Å²) in [6.45, 7) is 11.8. The molecule has 0 bridgehead atoms. The first-order valence-corrected chi connectivity index (χ1v) is 8.75. The minimum Gasteiger partial charge on any atom is -0.489 e. The number of hydrogen-bond donors (Lipinski definition) is 0. The highest BCUT2D eigenvalue weighted by Gasteiger charge is 2.12. The van der Waals surface area contributed by atoms with Gasteiger partial charge in [0.05, 0.1) is 0 Å². The van der Waals surface area contributed by atoms with Crippen molar-refractivity contribution in [3.05, 3.63) is 66.1 Å². The van der Waals surface area contributed by atoms with Crippen LogP contribution in [-0.4, -0.2) is 11.9 Å². The van der Waals surface area contributed by atoms with Crippen LogP contribution in [0.1, 0.15) is 37.8 Å². The lowest BCUT2D eigenvalue weighted by Gasteiger charge is -2.20. The van der Waals surface area contributed by atoms with Crippen LogP contribution in [0.25, 0.3) is 12.2 Å². The fraction of sp³-hybridized carbons (Fsp3) is 0.300. The second kappa shape index (κ2) is 11.0. The third-order valence-corrected chi connectivity index (χ3v) is 4.06. The lowest BCUT2D eigenvalue weighted by Crippen LogP contribution is -2.19. The Morgan fingerprint density at radius 1 is 1.32 bits per heavy atom. The van der Waals surface area contributed by atoms with E-state index in [9.17, 15) is 0 Å². The molecule has 1 aromatic rings. The van der Waals surface area contributed by atoms with Crippen molar-refractivity contribution in [1.82, 2.24) is 0 Å². The van der Waals surface area contributed by atoms with Gasteiger partial charge >= 0.3 is 0 Å². The van der Waals surface area contributed by atoms with Gasteiger partial charge in [-0.1, -0.05) is 69.0 Å². The molecule has 1 aromatic carbocycles. The Morgan fingerprint density at radius 3 is 2.77 bits per heavy atom. The van der Waals surface area contributed by atoms with Crippen LogP contribution in [0.4, 0.5) is 0 Å². The van der Waals surface area contributed by atoms with Gasteiger partial charge in [0, 0.05) is 11.3 Å². The summed E-state index contributed by atoms with van der Waals surface area (Å²) in [6.07, 6.45) is 12.1. The average Bonchev–Trinajstić information content (AvgIpc) is 2.53. The minimum absolute atomic E-state index is 0.202. The summed E-state index contributed by atoms with van der Waals surface area (Å²) >= 11 is 1.76. The highest BCUT2D eigenvalue weighted by Crippen LogP contribution is 2.27. The van der Waals surface area contributed by atoms with Gasteiger partial charge in [-0.2, -0.15) is 0 Å². The quantitative estimate of drug-likeness (QED) is 0.466. The molecule has 22 heavy (non-hydrogen) atoms. The summed E-state index contributed by atoms with van der Waals surface area (Å²) < 4.78 is 6.28. The Bertz CT molecular complexity index is 529. The summed E-state index contributed by atoms with van der Waals surface area (Å²) in [4.78, 5) is 0. The molecular formula is C20H26OS. The standard InChI is InChI=1S/C20H26OS/c1-5-9-15-22-16-18(11-6-2)21-20-14-10-13-17(8-4)19(20)12-7-3/h5,7-10,12-15,18H,1,4,6,11,16H2,2-3H3/b12-7-,15-9-. The van der Waals surface area contributed by atoms with Crippen molar-refractivity contribution in [1.29, 1.82) is 0 Å². The molecule has 0 amide bonds.